The minimum atomic E-state index is -0.532. The van der Waals surface area contributed by atoms with Gasteiger partial charge in [-0.25, -0.2) is 9.78 Å². The number of hydrogen-bond donors (Lipinski definition) is 4. The SMILES string of the molecule is CC(C)(C)OC(=O)N1CCC(C(=O)NCCNC2C=CC=C(c3ncc(C4CC4)[nH]3)N2)C1. The highest BCUT2D eigenvalue weighted by Gasteiger charge is 2.33. The van der Waals surface area contributed by atoms with E-state index in [0.29, 0.717) is 38.5 Å². The minimum Gasteiger partial charge on any atom is -0.444 e. The summed E-state index contributed by atoms with van der Waals surface area (Å²) in [5, 5.41) is 9.78. The molecule has 3 aliphatic rings. The van der Waals surface area contributed by atoms with Gasteiger partial charge in [0.25, 0.3) is 0 Å². The molecule has 4 rings (SSSR count). The van der Waals surface area contributed by atoms with Crippen LogP contribution in [0, 0.1) is 5.92 Å². The van der Waals surface area contributed by atoms with Crippen LogP contribution in [0.4, 0.5) is 4.79 Å². The van der Waals surface area contributed by atoms with E-state index in [1.807, 2.05) is 45.2 Å². The third-order valence-corrected chi connectivity index (χ3v) is 5.74. The predicted octanol–water partition coefficient (Wildman–Crippen LogP) is 2.08. The highest BCUT2D eigenvalue weighted by molar-refractivity contribution is 5.80. The van der Waals surface area contributed by atoms with Crippen LogP contribution in [0.15, 0.2) is 24.4 Å². The van der Waals surface area contributed by atoms with Crippen molar-refractivity contribution in [2.75, 3.05) is 26.2 Å². The lowest BCUT2D eigenvalue weighted by atomic mass is 10.1. The Morgan fingerprint density at radius 2 is 2.06 bits per heavy atom. The molecule has 9 heteroatoms. The fourth-order valence-electron chi connectivity index (χ4n) is 3.89. The quantitative estimate of drug-likeness (QED) is 0.481. The van der Waals surface area contributed by atoms with Gasteiger partial charge in [0.1, 0.15) is 5.60 Å². The Labute approximate surface area is 189 Å². The van der Waals surface area contributed by atoms with Gasteiger partial charge in [0, 0.05) is 44.0 Å². The molecule has 2 atom stereocenters. The maximum Gasteiger partial charge on any atom is 0.410 e. The molecule has 32 heavy (non-hydrogen) atoms. The van der Waals surface area contributed by atoms with Gasteiger partial charge in [-0.3, -0.25) is 10.1 Å². The van der Waals surface area contributed by atoms with Gasteiger partial charge < -0.3 is 25.3 Å². The Morgan fingerprint density at radius 3 is 2.81 bits per heavy atom. The summed E-state index contributed by atoms with van der Waals surface area (Å²) in [6, 6.07) is 0. The van der Waals surface area contributed by atoms with E-state index in [-0.39, 0.29) is 24.1 Å². The first kappa shape index (κ1) is 22.4. The second-order valence-corrected chi connectivity index (χ2v) is 9.71. The number of dihydropyridines is 1. The third kappa shape index (κ3) is 5.91. The van der Waals surface area contributed by atoms with E-state index >= 15 is 0 Å². The van der Waals surface area contributed by atoms with Crippen molar-refractivity contribution >= 4 is 17.7 Å². The van der Waals surface area contributed by atoms with E-state index in [0.717, 1.165) is 11.5 Å². The van der Waals surface area contributed by atoms with E-state index in [1.165, 1.54) is 18.5 Å². The van der Waals surface area contributed by atoms with Crippen molar-refractivity contribution in [2.45, 2.75) is 57.7 Å². The molecule has 0 radical (unpaired) electrons. The minimum absolute atomic E-state index is 0.0196. The lowest BCUT2D eigenvalue weighted by Gasteiger charge is -2.24. The summed E-state index contributed by atoms with van der Waals surface area (Å²) in [7, 11) is 0. The van der Waals surface area contributed by atoms with E-state index in [4.69, 9.17) is 4.74 Å². The van der Waals surface area contributed by atoms with Crippen molar-refractivity contribution in [3.05, 3.63) is 35.9 Å². The second-order valence-electron chi connectivity index (χ2n) is 9.71. The molecule has 1 aromatic heterocycles. The highest BCUT2D eigenvalue weighted by Crippen LogP contribution is 2.39. The smallest absolute Gasteiger partial charge is 0.410 e. The van der Waals surface area contributed by atoms with Crippen LogP contribution >= 0.6 is 0 Å². The lowest BCUT2D eigenvalue weighted by molar-refractivity contribution is -0.124. The van der Waals surface area contributed by atoms with Gasteiger partial charge >= 0.3 is 6.09 Å². The first-order valence-electron chi connectivity index (χ1n) is 11.5. The molecule has 0 bridgehead atoms. The van der Waals surface area contributed by atoms with E-state index in [1.54, 1.807) is 4.90 Å². The first-order chi connectivity index (χ1) is 15.3. The molecule has 1 aromatic rings. The van der Waals surface area contributed by atoms with Crippen LogP contribution in [0.2, 0.25) is 0 Å². The molecule has 0 aromatic carbocycles. The Hall–Kier alpha value is -2.81. The number of imidazole rings is 1. The number of amides is 2. The summed E-state index contributed by atoms with van der Waals surface area (Å²) in [4.78, 5) is 34.2. The number of ether oxygens (including phenoxy) is 1. The molecule has 174 valence electrons. The molecule has 3 heterocycles. The van der Waals surface area contributed by atoms with Gasteiger partial charge in [0.2, 0.25) is 5.91 Å². The molecule has 9 nitrogen and oxygen atoms in total. The van der Waals surface area contributed by atoms with Crippen LogP contribution in [-0.2, 0) is 9.53 Å². The summed E-state index contributed by atoms with van der Waals surface area (Å²) >= 11 is 0. The summed E-state index contributed by atoms with van der Waals surface area (Å²) < 4.78 is 5.39. The number of rotatable bonds is 7. The van der Waals surface area contributed by atoms with Crippen molar-refractivity contribution in [1.29, 1.82) is 0 Å². The Kier molecular flexibility index (Phi) is 6.55. The van der Waals surface area contributed by atoms with Crippen LogP contribution in [0.5, 0.6) is 0 Å². The number of aromatic nitrogens is 2. The fourth-order valence-corrected chi connectivity index (χ4v) is 3.89. The normalized spacial score (nSPS) is 23.0. The van der Waals surface area contributed by atoms with Crippen LogP contribution in [-0.4, -0.2) is 64.8 Å². The van der Waals surface area contributed by atoms with Crippen LogP contribution in [0.25, 0.3) is 5.70 Å². The largest absolute Gasteiger partial charge is 0.444 e. The predicted molar refractivity (Wildman–Crippen MR) is 122 cm³/mol. The third-order valence-electron chi connectivity index (χ3n) is 5.74. The number of carbonyl (C=O) groups is 2. The van der Waals surface area contributed by atoms with Crippen molar-refractivity contribution in [3.63, 3.8) is 0 Å². The molecule has 1 aliphatic carbocycles. The summed E-state index contributed by atoms with van der Waals surface area (Å²) in [6.45, 7) is 7.61. The van der Waals surface area contributed by atoms with E-state index < -0.39 is 5.60 Å². The summed E-state index contributed by atoms with van der Waals surface area (Å²) in [5.74, 6) is 1.29. The number of hydrogen-bond acceptors (Lipinski definition) is 6. The number of carbonyl (C=O) groups excluding carboxylic acids is 2. The van der Waals surface area contributed by atoms with Gasteiger partial charge in [0.15, 0.2) is 5.82 Å². The Bertz CT molecular complexity index is 896. The van der Waals surface area contributed by atoms with Crippen molar-refractivity contribution < 1.29 is 14.3 Å². The monoisotopic (exact) mass is 442 g/mol. The van der Waals surface area contributed by atoms with E-state index in [9.17, 15) is 9.59 Å². The van der Waals surface area contributed by atoms with Gasteiger partial charge in [-0.2, -0.15) is 0 Å². The average molecular weight is 443 g/mol. The zero-order chi connectivity index (χ0) is 22.7. The second kappa shape index (κ2) is 9.36. The molecule has 4 N–H and O–H groups in total. The number of H-pyrrole nitrogens is 1. The Morgan fingerprint density at radius 1 is 1.25 bits per heavy atom. The van der Waals surface area contributed by atoms with Crippen molar-refractivity contribution in [1.82, 2.24) is 30.8 Å². The fraction of sp³-hybridized carbons (Fsp3) is 0.609. The van der Waals surface area contributed by atoms with Crippen molar-refractivity contribution in [3.8, 4) is 0 Å². The standard InChI is InChI=1S/C23H34N6O3/c1-23(2,3)32-22(31)29-12-9-16(14-29)21(30)25-11-10-24-19-6-4-5-17(27-19)20-26-13-18(28-20)15-7-8-15/h4-6,13,15-16,19,24,27H,7-12,14H2,1-3H3,(H,25,30)(H,26,28). The number of nitrogens with zero attached hydrogens (tertiary/aromatic N) is 2. The molecule has 2 aliphatic heterocycles. The average Bonchev–Trinajstić information content (AvgIpc) is 3.26. The van der Waals surface area contributed by atoms with Crippen LogP contribution < -0.4 is 16.0 Å². The van der Waals surface area contributed by atoms with Gasteiger partial charge in [-0.1, -0.05) is 6.08 Å². The van der Waals surface area contributed by atoms with Crippen LogP contribution in [0.3, 0.4) is 0 Å². The Balaban J connectivity index is 1.15. The molecular formula is C23H34N6O3. The highest BCUT2D eigenvalue weighted by atomic mass is 16.6. The maximum absolute atomic E-state index is 12.5. The molecule has 0 spiro atoms. The molecule has 1 saturated heterocycles. The zero-order valence-corrected chi connectivity index (χ0v) is 19.1. The lowest BCUT2D eigenvalue weighted by Crippen LogP contribution is -2.45. The number of allylic oxidation sites excluding steroid dienone is 2. The summed E-state index contributed by atoms with van der Waals surface area (Å²) in [5.41, 5.74) is 1.63. The maximum atomic E-state index is 12.5. The molecule has 1 saturated carbocycles. The topological polar surface area (TPSA) is 111 Å². The number of aromatic amines is 1. The number of nitrogens with one attached hydrogen (secondary N) is 4. The van der Waals surface area contributed by atoms with Crippen molar-refractivity contribution in [2.24, 2.45) is 5.92 Å². The summed E-state index contributed by atoms with van der Waals surface area (Å²) in [6.07, 6.45) is 10.7. The van der Waals surface area contributed by atoms with Crippen LogP contribution in [0.1, 0.15) is 57.5 Å². The van der Waals surface area contributed by atoms with Gasteiger partial charge in [0.05, 0.1) is 17.8 Å². The molecule has 2 amide bonds. The first-order valence-corrected chi connectivity index (χ1v) is 11.5. The molecular weight excluding hydrogens is 408 g/mol. The zero-order valence-electron chi connectivity index (χ0n) is 19.1. The van der Waals surface area contributed by atoms with Gasteiger partial charge in [-0.05, 0) is 52.2 Å². The van der Waals surface area contributed by atoms with Gasteiger partial charge in [-0.15, -0.1) is 0 Å². The van der Waals surface area contributed by atoms with E-state index in [2.05, 4.69) is 25.9 Å². The number of likely N-dealkylation sites (tertiary alicyclic amines) is 1. The molecule has 2 unspecified atom stereocenters. The molecule has 2 fully saturated rings.